The third-order valence-electron chi connectivity index (χ3n) is 2.70. The van der Waals surface area contributed by atoms with Crippen LogP contribution in [0.3, 0.4) is 0 Å². The average Bonchev–Trinajstić information content (AvgIpc) is 2.53. The normalized spacial score (nSPS) is 14.1. The zero-order chi connectivity index (χ0) is 9.54. The SMILES string of the molecule is OC1=Cc2cc3ccccc3cc2C1. The van der Waals surface area contributed by atoms with Crippen molar-refractivity contribution in [2.24, 2.45) is 0 Å². The molecule has 0 unspecified atom stereocenters. The first kappa shape index (κ1) is 7.63. The highest BCUT2D eigenvalue weighted by Gasteiger charge is 2.11. The summed E-state index contributed by atoms with van der Waals surface area (Å²) >= 11 is 0. The fraction of sp³-hybridized carbons (Fsp3) is 0.0769. The molecule has 0 aromatic heterocycles. The van der Waals surface area contributed by atoms with E-state index in [1.54, 1.807) is 0 Å². The number of benzene rings is 2. The molecule has 1 heteroatoms. The molecule has 1 aliphatic rings. The fourth-order valence-electron chi connectivity index (χ4n) is 2.02. The van der Waals surface area contributed by atoms with Crippen LogP contribution in [0.1, 0.15) is 11.1 Å². The van der Waals surface area contributed by atoms with Crippen LogP contribution in [0.5, 0.6) is 0 Å². The molecule has 0 saturated carbocycles. The van der Waals surface area contributed by atoms with Crippen molar-refractivity contribution in [3.8, 4) is 0 Å². The van der Waals surface area contributed by atoms with Crippen LogP contribution >= 0.6 is 0 Å². The zero-order valence-corrected chi connectivity index (χ0v) is 7.70. The van der Waals surface area contributed by atoms with E-state index in [2.05, 4.69) is 24.3 Å². The second kappa shape index (κ2) is 2.61. The molecule has 1 N–H and O–H groups in total. The van der Waals surface area contributed by atoms with Crippen LogP contribution in [-0.2, 0) is 6.42 Å². The van der Waals surface area contributed by atoms with Crippen molar-refractivity contribution in [2.45, 2.75) is 6.42 Å². The quantitative estimate of drug-likeness (QED) is 0.662. The van der Waals surface area contributed by atoms with E-state index >= 15 is 0 Å². The molecule has 1 nitrogen and oxygen atoms in total. The predicted molar refractivity (Wildman–Crippen MR) is 58.3 cm³/mol. The number of aliphatic hydroxyl groups is 1. The predicted octanol–water partition coefficient (Wildman–Crippen LogP) is 3.29. The van der Waals surface area contributed by atoms with Gasteiger partial charge in [-0.25, -0.2) is 0 Å². The summed E-state index contributed by atoms with van der Waals surface area (Å²) in [5.41, 5.74) is 2.38. The molecule has 0 amide bonds. The zero-order valence-electron chi connectivity index (χ0n) is 7.70. The summed E-state index contributed by atoms with van der Waals surface area (Å²) in [6, 6.07) is 12.6. The van der Waals surface area contributed by atoms with Crippen LogP contribution < -0.4 is 0 Å². The molecule has 0 saturated heterocycles. The van der Waals surface area contributed by atoms with Crippen molar-refractivity contribution in [3.05, 3.63) is 53.3 Å². The van der Waals surface area contributed by atoms with Crippen LogP contribution in [0.2, 0.25) is 0 Å². The average molecular weight is 182 g/mol. The van der Waals surface area contributed by atoms with Crippen LogP contribution in [0.4, 0.5) is 0 Å². The Bertz CT molecular complexity index is 538. The van der Waals surface area contributed by atoms with E-state index in [0.717, 1.165) is 5.56 Å². The maximum absolute atomic E-state index is 9.42. The lowest BCUT2D eigenvalue weighted by molar-refractivity contribution is 0.408. The maximum Gasteiger partial charge on any atom is 0.0972 e. The van der Waals surface area contributed by atoms with E-state index in [1.807, 2.05) is 18.2 Å². The fourth-order valence-corrected chi connectivity index (χ4v) is 2.02. The molecule has 0 radical (unpaired) electrons. The van der Waals surface area contributed by atoms with Crippen LogP contribution in [0.15, 0.2) is 42.2 Å². The third kappa shape index (κ3) is 1.02. The van der Waals surface area contributed by atoms with Crippen molar-refractivity contribution in [1.29, 1.82) is 0 Å². The van der Waals surface area contributed by atoms with E-state index < -0.39 is 0 Å². The molecule has 0 bridgehead atoms. The topological polar surface area (TPSA) is 20.2 Å². The lowest BCUT2D eigenvalue weighted by Crippen LogP contribution is -1.84. The number of hydrogen-bond donors (Lipinski definition) is 1. The number of fused-ring (bicyclic) bond motifs is 2. The molecule has 3 rings (SSSR count). The van der Waals surface area contributed by atoms with E-state index in [-0.39, 0.29) is 0 Å². The summed E-state index contributed by atoms with van der Waals surface area (Å²) in [7, 11) is 0. The molecule has 1 aliphatic carbocycles. The number of rotatable bonds is 0. The van der Waals surface area contributed by atoms with Crippen molar-refractivity contribution in [3.63, 3.8) is 0 Å². The van der Waals surface area contributed by atoms with Crippen LogP contribution in [0, 0.1) is 0 Å². The molecule has 2 aromatic carbocycles. The molecular weight excluding hydrogens is 172 g/mol. The highest BCUT2D eigenvalue weighted by molar-refractivity contribution is 5.87. The molecule has 14 heavy (non-hydrogen) atoms. The summed E-state index contributed by atoms with van der Waals surface area (Å²) in [5.74, 6) is 0.468. The van der Waals surface area contributed by atoms with Gasteiger partial charge in [0.1, 0.15) is 0 Å². The van der Waals surface area contributed by atoms with Crippen molar-refractivity contribution < 1.29 is 5.11 Å². The van der Waals surface area contributed by atoms with Gasteiger partial charge >= 0.3 is 0 Å². The van der Waals surface area contributed by atoms with Gasteiger partial charge in [-0.3, -0.25) is 0 Å². The molecule has 0 spiro atoms. The first-order valence-corrected chi connectivity index (χ1v) is 4.74. The van der Waals surface area contributed by atoms with E-state index in [4.69, 9.17) is 0 Å². The monoisotopic (exact) mass is 182 g/mol. The molecule has 0 atom stereocenters. The first-order valence-electron chi connectivity index (χ1n) is 4.74. The third-order valence-corrected chi connectivity index (χ3v) is 2.70. The summed E-state index contributed by atoms with van der Waals surface area (Å²) < 4.78 is 0. The van der Waals surface area contributed by atoms with E-state index in [0.29, 0.717) is 12.2 Å². The van der Waals surface area contributed by atoms with Crippen LogP contribution in [-0.4, -0.2) is 5.11 Å². The highest BCUT2D eigenvalue weighted by atomic mass is 16.3. The van der Waals surface area contributed by atoms with Gasteiger partial charge < -0.3 is 5.11 Å². The lowest BCUT2D eigenvalue weighted by Gasteiger charge is -2.01. The standard InChI is InChI=1S/C13H10O/c14-13-7-11-5-9-3-1-2-4-10(9)6-12(11)8-13/h1-7,14H,8H2. The molecule has 0 heterocycles. The minimum Gasteiger partial charge on any atom is -0.512 e. The summed E-state index contributed by atoms with van der Waals surface area (Å²) in [4.78, 5) is 0. The lowest BCUT2D eigenvalue weighted by atomic mass is 10.0. The Hall–Kier alpha value is -1.76. The Morgan fingerprint density at radius 2 is 1.71 bits per heavy atom. The van der Waals surface area contributed by atoms with Gasteiger partial charge in [0.15, 0.2) is 0 Å². The van der Waals surface area contributed by atoms with Gasteiger partial charge in [-0.15, -0.1) is 0 Å². The van der Waals surface area contributed by atoms with E-state index in [1.165, 1.54) is 16.3 Å². The van der Waals surface area contributed by atoms with E-state index in [9.17, 15) is 5.11 Å². The maximum atomic E-state index is 9.42. The minimum atomic E-state index is 0.468. The highest BCUT2D eigenvalue weighted by Crippen LogP contribution is 2.28. The molecule has 2 aromatic rings. The Balaban J connectivity index is 2.33. The largest absolute Gasteiger partial charge is 0.512 e. The summed E-state index contributed by atoms with van der Waals surface area (Å²) in [5, 5.41) is 11.9. The van der Waals surface area contributed by atoms with Crippen molar-refractivity contribution >= 4 is 16.8 Å². The molecular formula is C13H10O. The van der Waals surface area contributed by atoms with Crippen LogP contribution in [0.25, 0.3) is 16.8 Å². The smallest absolute Gasteiger partial charge is 0.0972 e. The van der Waals surface area contributed by atoms with Gasteiger partial charge in [0.25, 0.3) is 0 Å². The Labute approximate surface area is 82.3 Å². The van der Waals surface area contributed by atoms with Gasteiger partial charge in [-0.05, 0) is 34.0 Å². The van der Waals surface area contributed by atoms with Gasteiger partial charge in [0.2, 0.25) is 0 Å². The second-order valence-electron chi connectivity index (χ2n) is 3.71. The Morgan fingerprint density at radius 3 is 2.50 bits per heavy atom. The first-order chi connectivity index (χ1) is 6.83. The van der Waals surface area contributed by atoms with Gasteiger partial charge in [0.05, 0.1) is 5.76 Å². The minimum absolute atomic E-state index is 0.468. The molecule has 68 valence electrons. The Morgan fingerprint density at radius 1 is 1.00 bits per heavy atom. The van der Waals surface area contributed by atoms with Gasteiger partial charge in [-0.2, -0.15) is 0 Å². The number of allylic oxidation sites excluding steroid dienone is 1. The van der Waals surface area contributed by atoms with Crippen molar-refractivity contribution in [1.82, 2.24) is 0 Å². The molecule has 0 fully saturated rings. The summed E-state index contributed by atoms with van der Waals surface area (Å²) in [6.07, 6.45) is 2.53. The summed E-state index contributed by atoms with van der Waals surface area (Å²) in [6.45, 7) is 0. The number of aliphatic hydroxyl groups excluding tert-OH is 1. The van der Waals surface area contributed by atoms with Gasteiger partial charge in [0, 0.05) is 6.42 Å². The Kier molecular flexibility index (Phi) is 1.42. The van der Waals surface area contributed by atoms with Gasteiger partial charge in [-0.1, -0.05) is 30.3 Å². The van der Waals surface area contributed by atoms with Crippen molar-refractivity contribution in [2.75, 3.05) is 0 Å². The molecule has 0 aliphatic heterocycles. The second-order valence-corrected chi connectivity index (χ2v) is 3.71. The number of hydrogen-bond acceptors (Lipinski definition) is 1.